The van der Waals surface area contributed by atoms with Gasteiger partial charge < -0.3 is 9.84 Å². The molecule has 2 fully saturated rings. The van der Waals surface area contributed by atoms with Crippen molar-refractivity contribution in [1.82, 2.24) is 4.72 Å². The summed E-state index contributed by atoms with van der Waals surface area (Å²) in [4.78, 5) is 11.0. The van der Waals surface area contributed by atoms with Crippen LogP contribution in [0.15, 0.2) is 83.8 Å². The van der Waals surface area contributed by atoms with E-state index in [-0.39, 0.29) is 29.2 Å². The van der Waals surface area contributed by atoms with E-state index >= 15 is 0 Å². The zero-order valence-electron chi connectivity index (χ0n) is 20.3. The van der Waals surface area contributed by atoms with Gasteiger partial charge in [0.25, 0.3) is 0 Å². The molecule has 2 bridgehead atoms. The molecule has 5 rings (SSSR count). The van der Waals surface area contributed by atoms with Gasteiger partial charge in [-0.15, -0.1) is 0 Å². The molecule has 1 saturated heterocycles. The fourth-order valence-corrected chi connectivity index (χ4v) is 7.21. The molecule has 0 unspecified atom stereocenters. The average Bonchev–Trinajstić information content (AvgIpc) is 3.44. The zero-order valence-corrected chi connectivity index (χ0v) is 21.2. The van der Waals surface area contributed by atoms with E-state index in [1.807, 2.05) is 36.4 Å². The van der Waals surface area contributed by atoms with Crippen LogP contribution in [0.3, 0.4) is 0 Å². The molecule has 0 amide bonds. The summed E-state index contributed by atoms with van der Waals surface area (Å²) in [6, 6.07) is 18.7. The maximum absolute atomic E-state index is 13.7. The Kier molecular flexibility index (Phi) is 7.16. The number of rotatable bonds is 10. The Balaban J connectivity index is 1.42. The number of unbranched alkanes of at least 4 members (excludes halogenated alkanes) is 1. The lowest BCUT2D eigenvalue weighted by atomic mass is 9.71. The molecule has 8 heteroatoms. The molecule has 0 aromatic heterocycles. The fraction of sp³-hybridized carbons (Fsp3) is 0.345. The number of nitrogens with one attached hydrogen (secondary N) is 1. The van der Waals surface area contributed by atoms with Crippen LogP contribution in [-0.4, -0.2) is 38.2 Å². The van der Waals surface area contributed by atoms with Crippen LogP contribution in [0.2, 0.25) is 0 Å². The van der Waals surface area contributed by atoms with Crippen LogP contribution in [0.5, 0.6) is 0 Å². The SMILES string of the molecule is O=C(O)CCC/C=C\C[C@@H]1[C@@H](NS(=O)(=O)c2ccc3ccccc3c2)[C@H]2C[C@]1(c1ccc(F)cc1)CO2. The molecule has 37 heavy (non-hydrogen) atoms. The second kappa shape index (κ2) is 10.4. The molecular formula is C29H30FNO5S. The minimum atomic E-state index is -3.83. The third kappa shape index (κ3) is 5.19. The second-order valence-corrected chi connectivity index (χ2v) is 11.7. The highest BCUT2D eigenvalue weighted by Crippen LogP contribution is 2.54. The Labute approximate surface area is 216 Å². The summed E-state index contributed by atoms with van der Waals surface area (Å²) in [5.74, 6) is -1.25. The number of allylic oxidation sites excluding steroid dienone is 2. The number of hydrogen-bond donors (Lipinski definition) is 2. The number of hydrogen-bond acceptors (Lipinski definition) is 4. The number of carboxylic acids is 1. The Hall–Kier alpha value is -3.07. The molecule has 2 aliphatic rings. The first-order chi connectivity index (χ1) is 17.8. The topological polar surface area (TPSA) is 92.7 Å². The number of carbonyl (C=O) groups is 1. The smallest absolute Gasteiger partial charge is 0.303 e. The van der Waals surface area contributed by atoms with E-state index < -0.39 is 27.4 Å². The van der Waals surface area contributed by atoms with E-state index in [1.165, 1.54) is 12.1 Å². The van der Waals surface area contributed by atoms with Crippen molar-refractivity contribution in [2.75, 3.05) is 6.61 Å². The lowest BCUT2D eigenvalue weighted by Gasteiger charge is -2.39. The predicted molar refractivity (Wildman–Crippen MR) is 139 cm³/mol. The highest BCUT2D eigenvalue weighted by molar-refractivity contribution is 7.89. The molecule has 6 nitrogen and oxygen atoms in total. The van der Waals surface area contributed by atoms with E-state index in [9.17, 15) is 17.6 Å². The van der Waals surface area contributed by atoms with Crippen molar-refractivity contribution in [3.05, 3.63) is 90.3 Å². The molecule has 0 radical (unpaired) electrons. The highest BCUT2D eigenvalue weighted by atomic mass is 32.2. The molecular weight excluding hydrogens is 493 g/mol. The van der Waals surface area contributed by atoms with Crippen LogP contribution in [0.4, 0.5) is 4.39 Å². The molecule has 4 atom stereocenters. The quantitative estimate of drug-likeness (QED) is 0.282. The van der Waals surface area contributed by atoms with Gasteiger partial charge in [0, 0.05) is 11.8 Å². The number of halogens is 1. The van der Waals surface area contributed by atoms with Crippen LogP contribution < -0.4 is 4.72 Å². The number of benzene rings is 3. The molecule has 1 heterocycles. The summed E-state index contributed by atoms with van der Waals surface area (Å²) in [5, 5.41) is 10.7. The third-order valence-corrected chi connectivity index (χ3v) is 9.18. The molecule has 0 spiro atoms. The van der Waals surface area contributed by atoms with Gasteiger partial charge >= 0.3 is 5.97 Å². The molecule has 3 aromatic rings. The average molecular weight is 524 g/mol. The predicted octanol–water partition coefficient (Wildman–Crippen LogP) is 5.18. The van der Waals surface area contributed by atoms with E-state index in [0.717, 1.165) is 16.3 Å². The van der Waals surface area contributed by atoms with Crippen molar-refractivity contribution in [3.63, 3.8) is 0 Å². The normalized spacial score (nSPS) is 25.3. The maximum Gasteiger partial charge on any atom is 0.303 e. The minimum Gasteiger partial charge on any atom is -0.481 e. The summed E-state index contributed by atoms with van der Waals surface area (Å²) in [5.41, 5.74) is 0.494. The summed E-state index contributed by atoms with van der Waals surface area (Å²) in [6.45, 7) is 0.440. The van der Waals surface area contributed by atoms with Crippen molar-refractivity contribution in [2.45, 2.75) is 54.6 Å². The van der Waals surface area contributed by atoms with Gasteiger partial charge in [-0.1, -0.05) is 54.6 Å². The van der Waals surface area contributed by atoms with Crippen molar-refractivity contribution >= 4 is 26.8 Å². The van der Waals surface area contributed by atoms with Crippen LogP contribution in [-0.2, 0) is 25.0 Å². The first kappa shape index (κ1) is 25.6. The van der Waals surface area contributed by atoms with Gasteiger partial charge in [-0.25, -0.2) is 17.5 Å². The largest absolute Gasteiger partial charge is 0.481 e. The highest BCUT2D eigenvalue weighted by Gasteiger charge is 2.60. The van der Waals surface area contributed by atoms with E-state index in [1.54, 1.807) is 30.3 Å². The van der Waals surface area contributed by atoms with Crippen LogP contribution >= 0.6 is 0 Å². The number of aliphatic carboxylic acids is 1. The summed E-state index contributed by atoms with van der Waals surface area (Å²) in [7, 11) is -3.83. The van der Waals surface area contributed by atoms with Crippen molar-refractivity contribution in [3.8, 4) is 0 Å². The Morgan fingerprint density at radius 2 is 1.84 bits per heavy atom. The standard InChI is InChI=1S/C29H30FNO5S/c30-23-14-12-22(13-15-23)29-18-26(36-19-29)28(25(29)9-3-1-2-4-10-27(32)33)31-37(34,35)24-16-11-20-7-5-6-8-21(20)17-24/h1,3,5-8,11-17,25-26,28,31H,2,4,9-10,18-19H2,(H,32,33)/b3-1-/t25-,26-,28-,29-/m1/s1. The monoisotopic (exact) mass is 523 g/mol. The molecule has 1 aliphatic carbocycles. The van der Waals surface area contributed by atoms with Crippen molar-refractivity contribution in [1.29, 1.82) is 0 Å². The first-order valence-corrected chi connectivity index (χ1v) is 14.0. The Morgan fingerprint density at radius 1 is 1.08 bits per heavy atom. The second-order valence-electron chi connectivity index (χ2n) is 9.97. The molecule has 2 N–H and O–H groups in total. The molecule has 1 saturated carbocycles. The summed E-state index contributed by atoms with van der Waals surface area (Å²) < 4.78 is 49.8. The van der Waals surface area contributed by atoms with Crippen molar-refractivity contribution in [2.24, 2.45) is 5.92 Å². The van der Waals surface area contributed by atoms with Gasteiger partial charge in [-0.05, 0) is 72.2 Å². The van der Waals surface area contributed by atoms with Gasteiger partial charge in [0.2, 0.25) is 10.0 Å². The van der Waals surface area contributed by atoms with E-state index in [2.05, 4.69) is 4.72 Å². The molecule has 1 aliphatic heterocycles. The molecule has 3 aromatic carbocycles. The van der Waals surface area contributed by atoms with Crippen LogP contribution in [0, 0.1) is 11.7 Å². The van der Waals surface area contributed by atoms with E-state index in [0.29, 0.717) is 32.3 Å². The lowest BCUT2D eigenvalue weighted by molar-refractivity contribution is -0.137. The maximum atomic E-state index is 13.7. The first-order valence-electron chi connectivity index (χ1n) is 12.5. The van der Waals surface area contributed by atoms with Gasteiger partial charge in [0.05, 0.1) is 23.6 Å². The lowest BCUT2D eigenvalue weighted by Crippen LogP contribution is -2.51. The Morgan fingerprint density at radius 3 is 2.59 bits per heavy atom. The third-order valence-electron chi connectivity index (χ3n) is 7.72. The fourth-order valence-electron chi connectivity index (χ4n) is 5.87. The number of sulfonamides is 1. The number of fused-ring (bicyclic) bond motifs is 3. The van der Waals surface area contributed by atoms with Gasteiger partial charge in [0.1, 0.15) is 5.82 Å². The minimum absolute atomic E-state index is 0.109. The van der Waals surface area contributed by atoms with Gasteiger partial charge in [-0.3, -0.25) is 4.79 Å². The van der Waals surface area contributed by atoms with Gasteiger partial charge in [-0.2, -0.15) is 0 Å². The summed E-state index contributed by atoms with van der Waals surface area (Å²) in [6.07, 6.45) is 6.19. The van der Waals surface area contributed by atoms with Crippen LogP contribution in [0.1, 0.15) is 37.7 Å². The van der Waals surface area contributed by atoms with Gasteiger partial charge in [0.15, 0.2) is 0 Å². The van der Waals surface area contributed by atoms with Crippen LogP contribution in [0.25, 0.3) is 10.8 Å². The zero-order chi connectivity index (χ0) is 26.0. The van der Waals surface area contributed by atoms with E-state index in [4.69, 9.17) is 9.84 Å². The van der Waals surface area contributed by atoms with Crippen molar-refractivity contribution < 1.29 is 27.4 Å². The summed E-state index contributed by atoms with van der Waals surface area (Å²) >= 11 is 0. The number of carboxylic acid groups (broad SMARTS) is 1. The molecule has 194 valence electrons. The Bertz CT molecular complexity index is 1420. The number of ether oxygens (including phenoxy) is 1.